The van der Waals surface area contributed by atoms with Crippen LogP contribution in [0.1, 0.15) is 242 Å². The number of carbonyl (C=O) groups is 22. The standard InChI is InChI=1S/C99H152F3N25O23/c1-51(2)45-64(79(139)119-97(21,22)89(149)126-43-30-35-66(126)80(140)114-71(52(3)4)81(141)121-96(19,20)88(148)122-95(17,18)86(146)113-62(37-40-68(104)130)77(137)112-61(36-39-67(103)129)76(136)109-58(50-128)46-56-31-26-25-27-32-56)110-70(132)47-106-83(143)91(9,10)120-82(142)72(53(5)6)115-87(147)94(15,16)118-78(138)63(38-41-69(105)131)111-73(133)54(7)107-84(144)92(11,12)116-74(134)55(8)108-85(145)93(13,14)117-75(135)57-42-44-125(48-57)90(150)98(23,24)127-49-65(123-124-127)59-33-28-29-34-60(59)99(100,101)102/h25-29,31-34,49,51-55,57-58,61-64,66,71-72,128H,30,35-48,50H2,1-24H3,(H2,103,129)(H2,104,130)(H2,105,131)(H,106,143)(H,107,144)(H,108,145)(H,109,136)(H,110,132)(H,111,133)(H,112,137)(H,113,146)(H,114,140)(H,115,147)(H,116,134)(H,117,135)(H,118,138)(H,119,139)(H,120,142)(H,121,141)(H,122,148)/t54-,55-,57+,58-,61-,62-,63-,64-,66+,71-,72-/m0/s1. The summed E-state index contributed by atoms with van der Waals surface area (Å²) >= 11 is 0. The number of nitrogens with two attached hydrogens (primary N) is 3. The number of hydrogen-bond donors (Lipinski definition) is 21. The molecule has 832 valence electrons. The SMILES string of the molecule is CC(C)C[C@H](NC(=O)CNC(=O)C(C)(C)NC(=O)[C@@H](NC(=O)C(C)(C)NC(=O)[C@H](CCC(N)=O)NC(=O)[C@H](C)NC(=O)C(C)(C)NC(=O)[C@H](C)NC(=O)C(C)(C)NC(=O)[C@@H]1CCN(C(=O)C(C)(C)n2cc(-c3ccccc3C(F)(F)F)nn2)C1)C(C)C)C(=O)NC(C)(C)C(=O)N1CCC[C@@H]1C(=O)N[C@H](C(=O)NC(C)(C)C(=O)NC(C)(C)C(=O)N[C@@H](CCC(N)=O)C(=O)N[C@@H](CCC(N)=O)C(=O)N[C@H](CO)Cc1ccccc1)C(C)C. The lowest BCUT2D eigenvalue weighted by Crippen LogP contribution is -2.66. The number of carbonyl (C=O) groups excluding carboxylic acids is 22. The van der Waals surface area contributed by atoms with Crippen molar-refractivity contribution in [2.45, 2.75) is 348 Å². The Morgan fingerprint density at radius 1 is 0.427 bits per heavy atom. The van der Waals surface area contributed by atoms with Gasteiger partial charge in [0.1, 0.15) is 104 Å². The second-order valence-corrected chi connectivity index (χ2v) is 43.3. The molecule has 51 heteroatoms. The summed E-state index contributed by atoms with van der Waals surface area (Å²) in [6, 6.07) is -0.0458. The fraction of sp³-hybridized carbons (Fsp3) is 0.636. The number of halogens is 3. The van der Waals surface area contributed by atoms with Gasteiger partial charge in [-0.2, -0.15) is 13.2 Å². The number of aliphatic hydroxyl groups is 1. The Kier molecular flexibility index (Phi) is 44.3. The number of primary amides is 3. The van der Waals surface area contributed by atoms with Crippen LogP contribution in [-0.4, -0.2) is 292 Å². The number of nitrogens with zero attached hydrogens (tertiary/aromatic N) is 5. The van der Waals surface area contributed by atoms with Crippen molar-refractivity contribution in [2.24, 2.45) is 40.9 Å². The Bertz CT molecular complexity index is 5460. The van der Waals surface area contributed by atoms with Gasteiger partial charge in [0, 0.05) is 44.5 Å². The van der Waals surface area contributed by atoms with E-state index in [0.717, 1.165) is 16.3 Å². The number of rotatable bonds is 54. The van der Waals surface area contributed by atoms with Gasteiger partial charge in [-0.05, 0) is 205 Å². The lowest BCUT2D eigenvalue weighted by molar-refractivity contribution is -0.146. The Morgan fingerprint density at radius 3 is 1.38 bits per heavy atom. The summed E-state index contributed by atoms with van der Waals surface area (Å²) in [6.45, 7) is 32.2. The molecule has 0 aliphatic carbocycles. The zero-order valence-corrected chi connectivity index (χ0v) is 89.7. The molecule has 0 radical (unpaired) electrons. The molecule has 2 saturated heterocycles. The molecule has 22 amide bonds. The third kappa shape index (κ3) is 36.6. The smallest absolute Gasteiger partial charge is 0.394 e. The zero-order valence-electron chi connectivity index (χ0n) is 89.7. The summed E-state index contributed by atoms with van der Waals surface area (Å²) in [5.41, 5.74) is 1.44. The van der Waals surface area contributed by atoms with Crippen LogP contribution in [0.25, 0.3) is 11.3 Å². The summed E-state index contributed by atoms with van der Waals surface area (Å²) in [4.78, 5) is 305. The quantitative estimate of drug-likeness (QED) is 0.0283. The first-order chi connectivity index (χ1) is 69.0. The van der Waals surface area contributed by atoms with E-state index >= 15 is 0 Å². The van der Waals surface area contributed by atoms with E-state index in [1.165, 1.54) is 159 Å². The Hall–Kier alpha value is -14.3. The van der Waals surface area contributed by atoms with Gasteiger partial charge in [-0.15, -0.1) is 5.10 Å². The first-order valence-corrected chi connectivity index (χ1v) is 49.5. The minimum atomic E-state index is -4.70. The molecule has 2 fully saturated rings. The number of alkyl halides is 3. The molecule has 2 aromatic carbocycles. The van der Waals surface area contributed by atoms with Crippen LogP contribution in [0, 0.1) is 23.7 Å². The third-order valence-corrected chi connectivity index (χ3v) is 25.3. The molecule has 3 heterocycles. The predicted octanol–water partition coefficient (Wildman–Crippen LogP) is -2.29. The maximum Gasteiger partial charge on any atom is 0.417 e. The highest BCUT2D eigenvalue weighted by Gasteiger charge is 2.49. The maximum atomic E-state index is 14.6. The molecule has 3 aromatic rings. The van der Waals surface area contributed by atoms with E-state index in [1.54, 1.807) is 71.9 Å². The van der Waals surface area contributed by atoms with Gasteiger partial charge in [-0.1, -0.05) is 95.3 Å². The average Bonchev–Trinajstić information content (AvgIpc) is 1.59. The van der Waals surface area contributed by atoms with Crippen LogP contribution in [0.15, 0.2) is 60.8 Å². The maximum absolute atomic E-state index is 14.6. The summed E-state index contributed by atoms with van der Waals surface area (Å²) in [7, 11) is 0. The molecule has 0 unspecified atom stereocenters. The van der Waals surface area contributed by atoms with Gasteiger partial charge in [-0.25, -0.2) is 4.68 Å². The molecule has 48 nitrogen and oxygen atoms in total. The van der Waals surface area contributed by atoms with Crippen LogP contribution in [0.5, 0.6) is 0 Å². The first-order valence-electron chi connectivity index (χ1n) is 49.5. The normalized spacial score (nSPS) is 16.0. The van der Waals surface area contributed by atoms with Gasteiger partial charge in [0.05, 0.1) is 36.9 Å². The minimum absolute atomic E-state index is 0.00205. The van der Waals surface area contributed by atoms with Crippen molar-refractivity contribution in [3.63, 3.8) is 0 Å². The zero-order chi connectivity index (χ0) is 114. The van der Waals surface area contributed by atoms with Crippen LogP contribution in [0.2, 0.25) is 0 Å². The van der Waals surface area contributed by atoms with E-state index in [9.17, 15) is 124 Å². The van der Waals surface area contributed by atoms with Crippen molar-refractivity contribution < 1.29 is 124 Å². The molecule has 0 bridgehead atoms. The molecule has 2 aliphatic rings. The topological polar surface area (TPSA) is 716 Å². The van der Waals surface area contributed by atoms with E-state index in [4.69, 9.17) is 17.2 Å². The highest BCUT2D eigenvalue weighted by Crippen LogP contribution is 2.37. The van der Waals surface area contributed by atoms with E-state index in [1.807, 2.05) is 0 Å². The molecule has 0 saturated carbocycles. The minimum Gasteiger partial charge on any atom is -0.394 e. The van der Waals surface area contributed by atoms with Crippen molar-refractivity contribution in [3.05, 3.63) is 71.9 Å². The van der Waals surface area contributed by atoms with Crippen LogP contribution in [-0.2, 0) is 124 Å². The van der Waals surface area contributed by atoms with Crippen molar-refractivity contribution >= 4 is 130 Å². The number of amides is 22. The van der Waals surface area contributed by atoms with Gasteiger partial charge in [0.25, 0.3) is 0 Å². The lowest BCUT2D eigenvalue weighted by Gasteiger charge is -2.36. The fourth-order valence-electron chi connectivity index (χ4n) is 15.9. The van der Waals surface area contributed by atoms with Crippen LogP contribution in [0.3, 0.4) is 0 Å². The largest absolute Gasteiger partial charge is 0.417 e. The van der Waals surface area contributed by atoms with E-state index in [2.05, 4.69) is 101 Å². The number of nitrogens with one attached hydrogen (secondary N) is 17. The second kappa shape index (κ2) is 52.7. The molecule has 24 N–H and O–H groups in total. The van der Waals surface area contributed by atoms with E-state index < -0.39 is 303 Å². The lowest BCUT2D eigenvalue weighted by atomic mass is 9.96. The number of hydrogen-bond acceptors (Lipinski definition) is 25. The first kappa shape index (κ1) is 126. The molecule has 0 spiro atoms. The highest BCUT2D eigenvalue weighted by atomic mass is 19.4. The van der Waals surface area contributed by atoms with E-state index in [-0.39, 0.29) is 75.3 Å². The third-order valence-electron chi connectivity index (χ3n) is 25.3. The molecule has 2 aliphatic heterocycles. The molecular weight excluding hydrogens is 1960 g/mol. The van der Waals surface area contributed by atoms with Gasteiger partial charge < -0.3 is 122 Å². The summed E-state index contributed by atoms with van der Waals surface area (Å²) in [5, 5.41) is 61.3. The van der Waals surface area contributed by atoms with Crippen molar-refractivity contribution in [3.8, 4) is 11.3 Å². The molecule has 150 heavy (non-hydrogen) atoms. The number of aromatic nitrogens is 3. The van der Waals surface area contributed by atoms with Crippen molar-refractivity contribution in [1.82, 2.24) is 115 Å². The highest BCUT2D eigenvalue weighted by molar-refractivity contribution is 6.04. The van der Waals surface area contributed by atoms with Crippen molar-refractivity contribution in [1.29, 1.82) is 0 Å². The predicted molar refractivity (Wildman–Crippen MR) is 538 cm³/mol. The van der Waals surface area contributed by atoms with Gasteiger partial charge in [-0.3, -0.25) is 105 Å². The number of benzene rings is 2. The Labute approximate surface area is 869 Å². The number of aliphatic hydroxyl groups excluding tert-OH is 1. The van der Waals surface area contributed by atoms with Crippen LogP contribution < -0.4 is 108 Å². The number of likely N-dealkylation sites (tertiary alicyclic amines) is 2. The molecular formula is C99H152F3N25O23. The Balaban J connectivity index is 1.12. The summed E-state index contributed by atoms with van der Waals surface area (Å²) < 4.78 is 42.7. The Morgan fingerprint density at radius 2 is 0.860 bits per heavy atom. The van der Waals surface area contributed by atoms with Gasteiger partial charge in [0.15, 0.2) is 0 Å². The second-order valence-electron chi connectivity index (χ2n) is 43.3. The monoisotopic (exact) mass is 2120 g/mol. The molecule has 1 aromatic heterocycles. The fourth-order valence-corrected chi connectivity index (χ4v) is 15.9. The molecule has 5 rings (SSSR count). The van der Waals surface area contributed by atoms with Gasteiger partial charge in [0.2, 0.25) is 130 Å². The van der Waals surface area contributed by atoms with E-state index in [0.29, 0.717) is 6.42 Å². The summed E-state index contributed by atoms with van der Waals surface area (Å²) in [5.74, 6) is -21.6. The molecule has 11 atom stereocenters. The van der Waals surface area contributed by atoms with Crippen molar-refractivity contribution in [2.75, 3.05) is 32.8 Å². The van der Waals surface area contributed by atoms with Gasteiger partial charge >= 0.3 is 6.18 Å². The summed E-state index contributed by atoms with van der Waals surface area (Å²) in [6.07, 6.45) is -5.18. The van der Waals surface area contributed by atoms with Crippen LogP contribution >= 0.6 is 0 Å². The van der Waals surface area contributed by atoms with Crippen LogP contribution in [0.4, 0.5) is 13.2 Å². The average molecular weight is 2120 g/mol.